The van der Waals surface area contributed by atoms with Gasteiger partial charge >= 0.3 is 0 Å². The molecule has 0 radical (unpaired) electrons. The number of rotatable bonds is 7. The van der Waals surface area contributed by atoms with Crippen LogP contribution in [0, 0.1) is 0 Å². The van der Waals surface area contributed by atoms with Crippen LogP contribution in [-0.2, 0) is 6.42 Å². The first-order valence-corrected chi connectivity index (χ1v) is 9.40. The molecule has 25 heavy (non-hydrogen) atoms. The van der Waals surface area contributed by atoms with Gasteiger partial charge in [-0.3, -0.25) is 0 Å². The molecule has 0 aliphatic heterocycles. The van der Waals surface area contributed by atoms with Crippen molar-refractivity contribution < 1.29 is 9.84 Å². The molecule has 0 saturated heterocycles. The van der Waals surface area contributed by atoms with E-state index in [-0.39, 0.29) is 0 Å². The Balaban J connectivity index is 1.34. The van der Waals surface area contributed by atoms with Gasteiger partial charge in [-0.1, -0.05) is 24.3 Å². The highest BCUT2D eigenvalue weighted by Gasteiger charge is 2.21. The first-order valence-electron chi connectivity index (χ1n) is 9.40. The largest absolute Gasteiger partial charge is 0.508 e. The van der Waals surface area contributed by atoms with Crippen molar-refractivity contribution in [2.45, 2.75) is 50.5 Å². The van der Waals surface area contributed by atoms with Crippen LogP contribution in [0.5, 0.6) is 11.5 Å². The predicted octanol–water partition coefficient (Wildman–Crippen LogP) is 4.65. The third-order valence-corrected chi connectivity index (χ3v) is 5.33. The van der Waals surface area contributed by atoms with E-state index in [1.165, 1.54) is 43.2 Å². The van der Waals surface area contributed by atoms with E-state index in [1.54, 1.807) is 19.2 Å². The molecule has 1 aliphatic rings. The van der Waals surface area contributed by atoms with Gasteiger partial charge in [0.2, 0.25) is 0 Å². The lowest BCUT2D eigenvalue weighted by Crippen LogP contribution is -2.33. The Morgan fingerprint density at radius 1 is 0.960 bits per heavy atom. The van der Waals surface area contributed by atoms with Crippen LogP contribution >= 0.6 is 0 Å². The molecule has 0 spiro atoms. The number of phenols is 1. The Bertz CT molecular complexity index is 628. The molecule has 2 aromatic rings. The van der Waals surface area contributed by atoms with E-state index < -0.39 is 0 Å². The summed E-state index contributed by atoms with van der Waals surface area (Å²) >= 11 is 0. The molecule has 0 unspecified atom stereocenters. The Hall–Kier alpha value is -2.00. The molecular weight excluding hydrogens is 310 g/mol. The van der Waals surface area contributed by atoms with Crippen LogP contribution in [-0.4, -0.2) is 24.8 Å². The van der Waals surface area contributed by atoms with Crippen molar-refractivity contribution in [3.8, 4) is 11.5 Å². The van der Waals surface area contributed by atoms with E-state index in [1.807, 2.05) is 12.1 Å². The van der Waals surface area contributed by atoms with Crippen molar-refractivity contribution >= 4 is 0 Å². The molecule has 3 rings (SSSR count). The monoisotopic (exact) mass is 339 g/mol. The molecule has 3 nitrogen and oxygen atoms in total. The molecule has 3 heteroatoms. The third kappa shape index (κ3) is 5.23. The molecule has 0 atom stereocenters. The van der Waals surface area contributed by atoms with Crippen molar-refractivity contribution in [2.24, 2.45) is 0 Å². The Labute approximate surface area is 151 Å². The fourth-order valence-corrected chi connectivity index (χ4v) is 3.77. The highest BCUT2D eigenvalue weighted by Crippen LogP contribution is 2.33. The van der Waals surface area contributed by atoms with E-state index in [4.69, 9.17) is 4.74 Å². The van der Waals surface area contributed by atoms with Gasteiger partial charge in [-0.15, -0.1) is 0 Å². The van der Waals surface area contributed by atoms with E-state index in [0.29, 0.717) is 17.7 Å². The lowest BCUT2D eigenvalue weighted by Gasteiger charge is -2.29. The number of methoxy groups -OCH3 is 1. The SMILES string of the molecule is COc1ccc(CCCN[C@H]2CC[C@H](c3ccc(O)cc3)CC2)cc1. The molecule has 0 heterocycles. The van der Waals surface area contributed by atoms with Crippen molar-refractivity contribution in [1.82, 2.24) is 5.32 Å². The summed E-state index contributed by atoms with van der Waals surface area (Å²) in [4.78, 5) is 0. The maximum atomic E-state index is 9.41. The summed E-state index contributed by atoms with van der Waals surface area (Å²) in [5.74, 6) is 1.93. The molecule has 1 aliphatic carbocycles. The third-order valence-electron chi connectivity index (χ3n) is 5.33. The Kier molecular flexibility index (Phi) is 6.35. The van der Waals surface area contributed by atoms with E-state index in [9.17, 15) is 5.11 Å². The van der Waals surface area contributed by atoms with Crippen molar-refractivity contribution in [3.63, 3.8) is 0 Å². The number of ether oxygens (including phenoxy) is 1. The van der Waals surface area contributed by atoms with E-state index >= 15 is 0 Å². The first kappa shape index (κ1) is 17.8. The fraction of sp³-hybridized carbons (Fsp3) is 0.455. The highest BCUT2D eigenvalue weighted by molar-refractivity contribution is 5.29. The first-order chi connectivity index (χ1) is 12.2. The van der Waals surface area contributed by atoms with Crippen LogP contribution in [0.25, 0.3) is 0 Å². The Morgan fingerprint density at radius 2 is 1.64 bits per heavy atom. The zero-order valence-electron chi connectivity index (χ0n) is 15.1. The summed E-state index contributed by atoms with van der Waals surface area (Å²) in [5.41, 5.74) is 2.74. The van der Waals surface area contributed by atoms with Gasteiger partial charge in [0.05, 0.1) is 7.11 Å². The molecule has 0 aromatic heterocycles. The summed E-state index contributed by atoms with van der Waals surface area (Å²) in [5, 5.41) is 13.1. The van der Waals surface area contributed by atoms with Crippen LogP contribution in [0.2, 0.25) is 0 Å². The molecule has 1 saturated carbocycles. The maximum Gasteiger partial charge on any atom is 0.118 e. The van der Waals surface area contributed by atoms with Crippen molar-refractivity contribution in [1.29, 1.82) is 0 Å². The van der Waals surface area contributed by atoms with Gasteiger partial charge in [0.15, 0.2) is 0 Å². The summed E-state index contributed by atoms with van der Waals surface area (Å²) in [6.07, 6.45) is 7.24. The van der Waals surface area contributed by atoms with Crippen molar-refractivity contribution in [3.05, 3.63) is 59.7 Å². The second-order valence-corrected chi connectivity index (χ2v) is 7.05. The van der Waals surface area contributed by atoms with Gasteiger partial charge in [-0.05, 0) is 86.4 Å². The minimum Gasteiger partial charge on any atom is -0.508 e. The van der Waals surface area contributed by atoms with Crippen LogP contribution in [0.1, 0.15) is 49.1 Å². The van der Waals surface area contributed by atoms with Gasteiger partial charge in [-0.25, -0.2) is 0 Å². The molecule has 0 amide bonds. The molecule has 0 bridgehead atoms. The van der Waals surface area contributed by atoms with E-state index in [0.717, 1.165) is 18.7 Å². The van der Waals surface area contributed by atoms with Crippen molar-refractivity contribution in [2.75, 3.05) is 13.7 Å². The summed E-state index contributed by atoms with van der Waals surface area (Å²) in [6, 6.07) is 16.8. The van der Waals surface area contributed by atoms with Gasteiger partial charge in [0.25, 0.3) is 0 Å². The Morgan fingerprint density at radius 3 is 2.28 bits per heavy atom. The topological polar surface area (TPSA) is 41.5 Å². The zero-order valence-corrected chi connectivity index (χ0v) is 15.1. The molecule has 2 aromatic carbocycles. The van der Waals surface area contributed by atoms with Crippen LogP contribution in [0.3, 0.4) is 0 Å². The minimum atomic E-state index is 0.357. The molecule has 1 fully saturated rings. The summed E-state index contributed by atoms with van der Waals surface area (Å²) < 4.78 is 5.20. The normalized spacial score (nSPS) is 20.4. The average Bonchev–Trinajstić information content (AvgIpc) is 2.67. The molecule has 134 valence electrons. The predicted molar refractivity (Wildman–Crippen MR) is 102 cm³/mol. The minimum absolute atomic E-state index is 0.357. The van der Waals surface area contributed by atoms with Gasteiger partial charge in [0.1, 0.15) is 11.5 Å². The lowest BCUT2D eigenvalue weighted by atomic mass is 9.81. The zero-order chi connectivity index (χ0) is 17.5. The highest BCUT2D eigenvalue weighted by atomic mass is 16.5. The number of aromatic hydroxyl groups is 1. The number of benzene rings is 2. The van der Waals surface area contributed by atoms with Crippen LogP contribution in [0.15, 0.2) is 48.5 Å². The summed E-state index contributed by atoms with van der Waals surface area (Å²) in [7, 11) is 1.70. The number of hydrogen-bond acceptors (Lipinski definition) is 3. The maximum absolute atomic E-state index is 9.41. The van der Waals surface area contributed by atoms with Crippen LogP contribution in [0.4, 0.5) is 0 Å². The fourth-order valence-electron chi connectivity index (χ4n) is 3.77. The standard InChI is InChI=1S/C22H29NO2/c1-25-22-14-4-17(5-15-22)3-2-16-23-20-10-6-18(7-11-20)19-8-12-21(24)13-9-19/h4-5,8-9,12-15,18,20,23-24H,2-3,6-7,10-11,16H2,1H3/t18-,20-. The quantitative estimate of drug-likeness (QED) is 0.722. The summed E-state index contributed by atoms with van der Waals surface area (Å²) in [6.45, 7) is 1.08. The van der Waals surface area contributed by atoms with E-state index in [2.05, 4.69) is 29.6 Å². The van der Waals surface area contributed by atoms with Gasteiger partial charge in [0, 0.05) is 6.04 Å². The number of aryl methyl sites for hydroxylation is 1. The molecule has 2 N–H and O–H groups in total. The smallest absolute Gasteiger partial charge is 0.118 e. The number of nitrogens with one attached hydrogen (secondary N) is 1. The molecular formula is C22H29NO2. The van der Waals surface area contributed by atoms with Gasteiger partial charge in [-0.2, -0.15) is 0 Å². The second-order valence-electron chi connectivity index (χ2n) is 7.05. The second kappa shape index (κ2) is 8.91. The van der Waals surface area contributed by atoms with Gasteiger partial charge < -0.3 is 15.2 Å². The lowest BCUT2D eigenvalue weighted by molar-refractivity contribution is 0.342. The average molecular weight is 339 g/mol. The van der Waals surface area contributed by atoms with Crippen LogP contribution < -0.4 is 10.1 Å². The number of hydrogen-bond donors (Lipinski definition) is 2. The number of phenolic OH excluding ortho intramolecular Hbond substituents is 1.